The Hall–Kier alpha value is -3.20. The van der Waals surface area contributed by atoms with Gasteiger partial charge in [0.05, 0.1) is 11.6 Å². The van der Waals surface area contributed by atoms with Crippen molar-refractivity contribution in [1.29, 1.82) is 0 Å². The van der Waals surface area contributed by atoms with Gasteiger partial charge in [0.2, 0.25) is 5.95 Å². The van der Waals surface area contributed by atoms with Crippen LogP contribution in [0.1, 0.15) is 43.9 Å². The van der Waals surface area contributed by atoms with Crippen LogP contribution in [-0.2, 0) is 11.4 Å². The molecule has 0 fully saturated rings. The van der Waals surface area contributed by atoms with Gasteiger partial charge in [0.15, 0.2) is 17.3 Å². The van der Waals surface area contributed by atoms with E-state index in [1.54, 1.807) is 11.8 Å². The van der Waals surface area contributed by atoms with Crippen LogP contribution in [0.2, 0.25) is 0 Å². The third-order valence-electron chi connectivity index (χ3n) is 5.99. The molecule has 2 aliphatic rings. The van der Waals surface area contributed by atoms with E-state index in [-0.39, 0.29) is 11.2 Å². The molecule has 0 saturated carbocycles. The van der Waals surface area contributed by atoms with Gasteiger partial charge in [-0.3, -0.25) is 4.79 Å². The zero-order chi connectivity index (χ0) is 23.2. The Morgan fingerprint density at radius 2 is 2.00 bits per heavy atom. The number of ketones is 1. The summed E-state index contributed by atoms with van der Waals surface area (Å²) in [5.41, 5.74) is 3.33. The van der Waals surface area contributed by atoms with Gasteiger partial charge in [-0.15, -0.1) is 0 Å². The number of rotatable bonds is 5. The Kier molecular flexibility index (Phi) is 5.44. The number of fused-ring (bicyclic) bond motifs is 1. The van der Waals surface area contributed by atoms with Crippen LogP contribution >= 0.6 is 15.9 Å². The van der Waals surface area contributed by atoms with E-state index in [0.717, 1.165) is 27.7 Å². The van der Waals surface area contributed by atoms with Crippen LogP contribution < -0.4 is 14.8 Å². The van der Waals surface area contributed by atoms with Crippen molar-refractivity contribution in [3.8, 4) is 11.5 Å². The lowest BCUT2D eigenvalue weighted by Gasteiger charge is -2.38. The standard InChI is InChI=1S/C24H24BrN5O3/c1-24(2)11-17-20(18(31)12-24)21(30-23(26-17)27-28-29-30)15-9-16(25)22(19(10-15)32-3)33-13-14-7-5-4-6-8-14/h4-10,21H,11-13H2,1-3H3,(H,26,27,29). The van der Waals surface area contributed by atoms with Crippen LogP contribution in [0, 0.1) is 5.41 Å². The minimum Gasteiger partial charge on any atom is -0.493 e. The van der Waals surface area contributed by atoms with Gasteiger partial charge in [-0.05, 0) is 61.5 Å². The molecule has 2 heterocycles. The first kappa shape index (κ1) is 21.6. The summed E-state index contributed by atoms with van der Waals surface area (Å²) < 4.78 is 14.1. The Morgan fingerprint density at radius 1 is 1.21 bits per heavy atom. The number of hydrogen-bond donors (Lipinski definition) is 1. The predicted octanol–water partition coefficient (Wildman–Crippen LogP) is 4.68. The fourth-order valence-electron chi connectivity index (χ4n) is 4.55. The summed E-state index contributed by atoms with van der Waals surface area (Å²) in [6.07, 6.45) is 1.21. The number of anilines is 1. The molecule has 8 nitrogen and oxygen atoms in total. The summed E-state index contributed by atoms with van der Waals surface area (Å²) in [7, 11) is 1.60. The Labute approximate surface area is 200 Å². The van der Waals surface area contributed by atoms with E-state index in [4.69, 9.17) is 9.47 Å². The molecule has 1 aromatic heterocycles. The number of aromatic nitrogens is 4. The van der Waals surface area contributed by atoms with E-state index >= 15 is 0 Å². The van der Waals surface area contributed by atoms with Gasteiger partial charge < -0.3 is 14.8 Å². The molecule has 9 heteroatoms. The molecule has 2 aromatic carbocycles. The Balaban J connectivity index is 1.56. The molecule has 0 radical (unpaired) electrons. The first-order valence-electron chi connectivity index (χ1n) is 10.7. The number of benzene rings is 2. The molecule has 1 atom stereocenters. The Bertz CT molecular complexity index is 1250. The number of Topliss-reactive ketones (excluding diaryl/α,β-unsaturated/α-hetero) is 1. The van der Waals surface area contributed by atoms with E-state index in [9.17, 15) is 4.79 Å². The summed E-state index contributed by atoms with van der Waals surface area (Å²) in [5.74, 6) is 1.78. The number of ether oxygens (including phenoxy) is 2. The normalized spacial score (nSPS) is 18.9. The molecular weight excluding hydrogens is 486 g/mol. The molecular formula is C24H24BrN5O3. The number of halogens is 1. The van der Waals surface area contributed by atoms with Gasteiger partial charge in [0, 0.05) is 17.7 Å². The van der Waals surface area contributed by atoms with Crippen molar-refractivity contribution in [2.75, 3.05) is 12.4 Å². The maximum Gasteiger partial charge on any atom is 0.248 e. The van der Waals surface area contributed by atoms with E-state index < -0.39 is 6.04 Å². The molecule has 0 bridgehead atoms. The van der Waals surface area contributed by atoms with E-state index in [1.807, 2.05) is 42.5 Å². The molecule has 170 valence electrons. The van der Waals surface area contributed by atoms with E-state index in [2.05, 4.69) is 50.6 Å². The van der Waals surface area contributed by atoms with Crippen molar-refractivity contribution in [3.05, 3.63) is 69.3 Å². The monoisotopic (exact) mass is 509 g/mol. The highest BCUT2D eigenvalue weighted by molar-refractivity contribution is 9.10. The fraction of sp³-hybridized carbons (Fsp3) is 0.333. The second-order valence-corrected chi connectivity index (χ2v) is 9.97. The highest BCUT2D eigenvalue weighted by atomic mass is 79.9. The number of carbonyl (C=O) groups is 1. The number of carbonyl (C=O) groups excluding carboxylic acids is 1. The van der Waals surface area contributed by atoms with Crippen molar-refractivity contribution < 1.29 is 14.3 Å². The first-order valence-corrected chi connectivity index (χ1v) is 11.5. The van der Waals surface area contributed by atoms with Crippen LogP contribution in [0.3, 0.4) is 0 Å². The van der Waals surface area contributed by atoms with E-state index in [1.165, 1.54) is 0 Å². The molecule has 3 aromatic rings. The van der Waals surface area contributed by atoms with Crippen LogP contribution in [0.4, 0.5) is 5.95 Å². The second-order valence-electron chi connectivity index (χ2n) is 9.12. The van der Waals surface area contributed by atoms with Gasteiger partial charge in [-0.1, -0.05) is 49.3 Å². The zero-order valence-corrected chi connectivity index (χ0v) is 20.2. The van der Waals surface area contributed by atoms with Crippen LogP contribution in [0.5, 0.6) is 11.5 Å². The average Bonchev–Trinajstić information content (AvgIpc) is 3.24. The molecule has 1 N–H and O–H groups in total. The van der Waals surface area contributed by atoms with Crippen molar-refractivity contribution in [1.82, 2.24) is 20.2 Å². The molecule has 0 spiro atoms. The van der Waals surface area contributed by atoms with Crippen molar-refractivity contribution in [3.63, 3.8) is 0 Å². The topological polar surface area (TPSA) is 91.2 Å². The first-order chi connectivity index (χ1) is 15.9. The number of tetrazole rings is 1. The van der Waals surface area contributed by atoms with E-state index in [0.29, 0.717) is 36.0 Å². The van der Waals surface area contributed by atoms with Gasteiger partial charge in [-0.2, -0.15) is 4.68 Å². The number of methoxy groups -OCH3 is 1. The highest BCUT2D eigenvalue weighted by Crippen LogP contribution is 2.47. The quantitative estimate of drug-likeness (QED) is 0.533. The number of hydrogen-bond acceptors (Lipinski definition) is 7. The lowest BCUT2D eigenvalue weighted by atomic mass is 9.73. The number of nitrogens with one attached hydrogen (secondary N) is 1. The smallest absolute Gasteiger partial charge is 0.248 e. The van der Waals surface area contributed by atoms with Gasteiger partial charge in [0.1, 0.15) is 12.6 Å². The van der Waals surface area contributed by atoms with Crippen molar-refractivity contribution in [2.45, 2.75) is 39.3 Å². The minimum absolute atomic E-state index is 0.0967. The predicted molar refractivity (Wildman–Crippen MR) is 126 cm³/mol. The maximum atomic E-state index is 13.3. The minimum atomic E-state index is -0.455. The Morgan fingerprint density at radius 3 is 2.76 bits per heavy atom. The summed E-state index contributed by atoms with van der Waals surface area (Å²) >= 11 is 3.65. The van der Waals surface area contributed by atoms with Gasteiger partial charge in [-0.25, -0.2) is 0 Å². The molecule has 0 amide bonds. The third-order valence-corrected chi connectivity index (χ3v) is 6.58. The average molecular weight is 510 g/mol. The number of nitrogens with zero attached hydrogens (tertiary/aromatic N) is 4. The molecule has 33 heavy (non-hydrogen) atoms. The largest absolute Gasteiger partial charge is 0.493 e. The molecule has 5 rings (SSSR count). The lowest BCUT2D eigenvalue weighted by Crippen LogP contribution is -2.36. The van der Waals surface area contributed by atoms with Crippen molar-refractivity contribution in [2.24, 2.45) is 5.41 Å². The van der Waals surface area contributed by atoms with Crippen molar-refractivity contribution >= 4 is 27.7 Å². The number of allylic oxidation sites excluding steroid dienone is 2. The summed E-state index contributed by atoms with van der Waals surface area (Å²) in [6, 6.07) is 13.3. The fourth-order valence-corrected chi connectivity index (χ4v) is 5.12. The SMILES string of the molecule is COc1cc(C2C3=C(CC(C)(C)CC3=O)Nc3nnnn32)cc(Br)c1OCc1ccccc1. The summed E-state index contributed by atoms with van der Waals surface area (Å²) in [4.78, 5) is 13.3. The molecule has 1 unspecified atom stereocenters. The summed E-state index contributed by atoms with van der Waals surface area (Å²) in [6.45, 7) is 4.60. The van der Waals surface area contributed by atoms with Crippen LogP contribution in [0.15, 0.2) is 58.2 Å². The van der Waals surface area contributed by atoms with Crippen LogP contribution in [-0.4, -0.2) is 33.1 Å². The van der Waals surface area contributed by atoms with Gasteiger partial charge >= 0.3 is 0 Å². The zero-order valence-electron chi connectivity index (χ0n) is 18.6. The molecule has 1 aliphatic carbocycles. The second kappa shape index (κ2) is 8.30. The van der Waals surface area contributed by atoms with Crippen LogP contribution in [0.25, 0.3) is 0 Å². The maximum absolute atomic E-state index is 13.3. The third kappa shape index (κ3) is 4.01. The molecule has 0 saturated heterocycles. The summed E-state index contributed by atoms with van der Waals surface area (Å²) in [5, 5.41) is 15.4. The molecule has 1 aliphatic heterocycles. The van der Waals surface area contributed by atoms with Gasteiger partial charge in [0.25, 0.3) is 0 Å². The highest BCUT2D eigenvalue weighted by Gasteiger charge is 2.42. The lowest BCUT2D eigenvalue weighted by molar-refractivity contribution is -0.118.